The number of pyridine rings is 1. The van der Waals surface area contributed by atoms with Gasteiger partial charge in [0, 0.05) is 12.1 Å². The van der Waals surface area contributed by atoms with Gasteiger partial charge in [-0.25, -0.2) is 4.57 Å². The minimum Gasteiger partial charge on any atom is -0.393 e. The van der Waals surface area contributed by atoms with Gasteiger partial charge in [-0.1, -0.05) is 6.07 Å². The van der Waals surface area contributed by atoms with Crippen molar-refractivity contribution in [3.05, 3.63) is 30.6 Å². The van der Waals surface area contributed by atoms with Crippen molar-refractivity contribution in [1.82, 2.24) is 0 Å². The predicted molar refractivity (Wildman–Crippen MR) is 39.7 cm³/mol. The summed E-state index contributed by atoms with van der Waals surface area (Å²) in [6.45, 7) is 0.249. The van der Waals surface area contributed by atoms with Crippen molar-refractivity contribution in [3.8, 4) is 0 Å². The van der Waals surface area contributed by atoms with Gasteiger partial charge in [0.25, 0.3) is 0 Å². The number of aliphatic hydroxyl groups excluding tert-OH is 2. The molecule has 60 valence electrons. The zero-order chi connectivity index (χ0) is 8.10. The molecule has 0 spiro atoms. The van der Waals surface area contributed by atoms with Gasteiger partial charge in [-0.2, -0.15) is 0 Å². The number of hydrogen-bond donors (Lipinski definition) is 2. The summed E-state index contributed by atoms with van der Waals surface area (Å²) in [6, 6.07) is 5.66. The molecule has 3 heteroatoms. The van der Waals surface area contributed by atoms with E-state index < -0.39 is 6.10 Å². The minimum atomic E-state index is -0.664. The summed E-state index contributed by atoms with van der Waals surface area (Å²) in [5.41, 5.74) is 0. The Morgan fingerprint density at radius 2 is 1.82 bits per heavy atom. The van der Waals surface area contributed by atoms with Crippen LogP contribution in [0.5, 0.6) is 0 Å². The monoisotopic (exact) mass is 154 g/mol. The van der Waals surface area contributed by atoms with Crippen molar-refractivity contribution in [2.75, 3.05) is 6.61 Å². The highest BCUT2D eigenvalue weighted by molar-refractivity contribution is 4.83. The topological polar surface area (TPSA) is 44.3 Å². The molecule has 0 radical (unpaired) electrons. The van der Waals surface area contributed by atoms with E-state index in [2.05, 4.69) is 0 Å². The normalized spacial score (nSPS) is 12.9. The van der Waals surface area contributed by atoms with Gasteiger partial charge in [0.1, 0.15) is 6.10 Å². The number of rotatable bonds is 3. The summed E-state index contributed by atoms with van der Waals surface area (Å²) in [5, 5.41) is 17.6. The van der Waals surface area contributed by atoms with Crippen molar-refractivity contribution >= 4 is 0 Å². The Bertz CT molecular complexity index is 201. The van der Waals surface area contributed by atoms with E-state index in [1.54, 1.807) is 0 Å². The van der Waals surface area contributed by atoms with Crippen LogP contribution >= 0.6 is 0 Å². The smallest absolute Gasteiger partial charge is 0.176 e. The minimum absolute atomic E-state index is 0.193. The molecule has 0 aromatic carbocycles. The number of nitrogens with zero attached hydrogens (tertiary/aromatic N) is 1. The second kappa shape index (κ2) is 4.05. The SMILES string of the molecule is OC[C@H](O)C[n+]1ccccc1. The average Bonchev–Trinajstić information content (AvgIpc) is 2.06. The van der Waals surface area contributed by atoms with E-state index in [0.29, 0.717) is 6.54 Å². The van der Waals surface area contributed by atoms with E-state index >= 15 is 0 Å². The van der Waals surface area contributed by atoms with Crippen LogP contribution in [0.1, 0.15) is 0 Å². The van der Waals surface area contributed by atoms with Crippen LogP contribution in [0.2, 0.25) is 0 Å². The van der Waals surface area contributed by atoms with Gasteiger partial charge in [-0.05, 0) is 0 Å². The zero-order valence-corrected chi connectivity index (χ0v) is 6.22. The van der Waals surface area contributed by atoms with Crippen molar-refractivity contribution in [2.45, 2.75) is 12.6 Å². The van der Waals surface area contributed by atoms with Crippen molar-refractivity contribution in [1.29, 1.82) is 0 Å². The molecule has 0 aliphatic carbocycles. The highest BCUT2D eigenvalue weighted by atomic mass is 16.3. The van der Waals surface area contributed by atoms with E-state index in [4.69, 9.17) is 10.2 Å². The highest BCUT2D eigenvalue weighted by Crippen LogP contribution is 1.81. The van der Waals surface area contributed by atoms with Crippen molar-refractivity contribution in [3.63, 3.8) is 0 Å². The summed E-state index contributed by atoms with van der Waals surface area (Å²) in [6.07, 6.45) is 3.03. The molecule has 1 heterocycles. The fourth-order valence-electron chi connectivity index (χ4n) is 0.857. The lowest BCUT2D eigenvalue weighted by Crippen LogP contribution is -2.40. The van der Waals surface area contributed by atoms with Gasteiger partial charge in [0.15, 0.2) is 18.9 Å². The molecule has 0 saturated carbocycles. The van der Waals surface area contributed by atoms with Crippen LogP contribution in [0, 0.1) is 0 Å². The molecule has 0 aliphatic rings. The molecule has 11 heavy (non-hydrogen) atoms. The molecule has 1 aromatic rings. The lowest BCUT2D eigenvalue weighted by Gasteiger charge is -2.01. The first-order chi connectivity index (χ1) is 5.33. The van der Waals surface area contributed by atoms with E-state index in [1.807, 2.05) is 35.2 Å². The second-order valence-electron chi connectivity index (χ2n) is 2.41. The van der Waals surface area contributed by atoms with Gasteiger partial charge in [-0.3, -0.25) is 0 Å². The van der Waals surface area contributed by atoms with Crippen LogP contribution in [0.15, 0.2) is 30.6 Å². The molecule has 3 nitrogen and oxygen atoms in total. The molecular formula is C8H12NO2+. The standard InChI is InChI=1S/C8H12NO2/c10-7-8(11)6-9-4-2-1-3-5-9/h1-5,8,10-11H,6-7H2/q+1/t8-/m1/s1. The van der Waals surface area contributed by atoms with Crippen molar-refractivity contribution in [2.24, 2.45) is 0 Å². The van der Waals surface area contributed by atoms with Gasteiger partial charge < -0.3 is 10.2 Å². The number of aliphatic hydroxyl groups is 2. The van der Waals surface area contributed by atoms with E-state index in [9.17, 15) is 0 Å². The fraction of sp³-hybridized carbons (Fsp3) is 0.375. The Morgan fingerprint density at radius 1 is 1.18 bits per heavy atom. The predicted octanol–water partition coefficient (Wildman–Crippen LogP) is -0.673. The Labute approximate surface area is 65.5 Å². The van der Waals surface area contributed by atoms with E-state index in [1.165, 1.54) is 0 Å². The summed E-state index contributed by atoms with van der Waals surface area (Å²) in [5.74, 6) is 0. The Morgan fingerprint density at radius 3 is 2.36 bits per heavy atom. The molecule has 2 N–H and O–H groups in total. The first-order valence-electron chi connectivity index (χ1n) is 3.56. The lowest BCUT2D eigenvalue weighted by atomic mass is 10.3. The van der Waals surface area contributed by atoms with Crippen LogP contribution in [-0.2, 0) is 6.54 Å². The summed E-state index contributed by atoms with van der Waals surface area (Å²) in [7, 11) is 0. The number of hydrogen-bond acceptors (Lipinski definition) is 2. The Hall–Kier alpha value is -0.930. The Kier molecular flexibility index (Phi) is 3.01. The molecule has 1 rings (SSSR count). The van der Waals surface area contributed by atoms with Crippen LogP contribution in [0.25, 0.3) is 0 Å². The molecule has 0 bridgehead atoms. The van der Waals surface area contributed by atoms with Crippen LogP contribution in [0.4, 0.5) is 0 Å². The maximum Gasteiger partial charge on any atom is 0.176 e. The molecule has 1 aromatic heterocycles. The fourth-order valence-corrected chi connectivity index (χ4v) is 0.857. The van der Waals surface area contributed by atoms with Crippen LogP contribution in [0.3, 0.4) is 0 Å². The first kappa shape index (κ1) is 8.17. The highest BCUT2D eigenvalue weighted by Gasteiger charge is 2.07. The van der Waals surface area contributed by atoms with Gasteiger partial charge in [0.2, 0.25) is 0 Å². The third kappa shape index (κ3) is 2.65. The van der Waals surface area contributed by atoms with E-state index in [0.717, 1.165) is 0 Å². The molecule has 0 fully saturated rings. The first-order valence-corrected chi connectivity index (χ1v) is 3.56. The lowest BCUT2D eigenvalue weighted by molar-refractivity contribution is -0.703. The van der Waals surface area contributed by atoms with Gasteiger partial charge in [0.05, 0.1) is 6.61 Å². The molecule has 0 unspecified atom stereocenters. The average molecular weight is 154 g/mol. The van der Waals surface area contributed by atoms with E-state index in [-0.39, 0.29) is 6.61 Å². The van der Waals surface area contributed by atoms with Gasteiger partial charge >= 0.3 is 0 Å². The molecule has 0 amide bonds. The summed E-state index contributed by atoms with van der Waals surface area (Å²) < 4.78 is 1.82. The van der Waals surface area contributed by atoms with Crippen LogP contribution in [-0.4, -0.2) is 22.9 Å². The quantitative estimate of drug-likeness (QED) is 0.567. The van der Waals surface area contributed by atoms with Crippen molar-refractivity contribution < 1.29 is 14.8 Å². The second-order valence-corrected chi connectivity index (χ2v) is 2.41. The van der Waals surface area contributed by atoms with Crippen LogP contribution < -0.4 is 4.57 Å². The maximum absolute atomic E-state index is 9.04. The molecule has 0 aliphatic heterocycles. The Balaban J connectivity index is 2.51. The summed E-state index contributed by atoms with van der Waals surface area (Å²) >= 11 is 0. The third-order valence-electron chi connectivity index (χ3n) is 1.41. The molecule has 1 atom stereocenters. The third-order valence-corrected chi connectivity index (χ3v) is 1.41. The molecule has 0 saturated heterocycles. The molecular weight excluding hydrogens is 142 g/mol. The largest absolute Gasteiger partial charge is 0.393 e. The summed E-state index contributed by atoms with van der Waals surface area (Å²) in [4.78, 5) is 0. The number of aromatic nitrogens is 1. The maximum atomic E-state index is 9.04. The van der Waals surface area contributed by atoms with Gasteiger partial charge in [-0.15, -0.1) is 0 Å². The zero-order valence-electron chi connectivity index (χ0n) is 6.22.